The maximum atomic E-state index is 12.3. The van der Waals surface area contributed by atoms with Gasteiger partial charge in [-0.25, -0.2) is 0 Å². The largest absolute Gasteiger partial charge is 0.377 e. The fraction of sp³-hybridized carbons (Fsp3) is 0.579. The minimum Gasteiger partial charge on any atom is -0.377 e. The Kier molecular flexibility index (Phi) is 6.82. The molecule has 1 aromatic rings. The van der Waals surface area contributed by atoms with E-state index in [0.29, 0.717) is 18.9 Å². The van der Waals surface area contributed by atoms with Crippen molar-refractivity contribution >= 4 is 23.2 Å². The number of hydrogen-bond acceptors (Lipinski definition) is 4. The first-order valence-corrected chi connectivity index (χ1v) is 8.81. The number of hydrogen-bond donors (Lipinski definition) is 1. The van der Waals surface area contributed by atoms with Crippen LogP contribution in [0.15, 0.2) is 18.2 Å². The lowest BCUT2D eigenvalue weighted by atomic mass is 10.1. The molecule has 1 fully saturated rings. The second-order valence-electron chi connectivity index (χ2n) is 6.79. The zero-order valence-electron chi connectivity index (χ0n) is 15.7. The van der Waals surface area contributed by atoms with Gasteiger partial charge in [0.2, 0.25) is 11.8 Å². The molecule has 25 heavy (non-hydrogen) atoms. The van der Waals surface area contributed by atoms with Gasteiger partial charge in [0.05, 0.1) is 0 Å². The maximum Gasteiger partial charge on any atom is 0.250 e. The number of nitrogens with one attached hydrogen (secondary N) is 1. The van der Waals surface area contributed by atoms with E-state index in [4.69, 9.17) is 4.74 Å². The van der Waals surface area contributed by atoms with E-state index in [1.807, 2.05) is 49.0 Å². The van der Waals surface area contributed by atoms with Gasteiger partial charge in [-0.05, 0) is 42.5 Å². The molecule has 0 aromatic heterocycles. The average molecular weight is 347 g/mol. The lowest BCUT2D eigenvalue weighted by molar-refractivity contribution is -0.131. The van der Waals surface area contributed by atoms with Crippen molar-refractivity contribution < 1.29 is 14.3 Å². The second kappa shape index (κ2) is 8.85. The monoisotopic (exact) mass is 347 g/mol. The van der Waals surface area contributed by atoms with Crippen molar-refractivity contribution in [3.05, 3.63) is 23.8 Å². The third kappa shape index (κ3) is 5.74. The van der Waals surface area contributed by atoms with E-state index in [1.165, 1.54) is 20.0 Å². The summed E-state index contributed by atoms with van der Waals surface area (Å²) in [7, 11) is 5.45. The number of benzene rings is 1. The molecular formula is C19H29N3O3. The van der Waals surface area contributed by atoms with Crippen LogP contribution in [0.4, 0.5) is 11.4 Å². The number of carbonyl (C=O) groups is 2. The van der Waals surface area contributed by atoms with E-state index in [1.54, 1.807) is 0 Å². The van der Waals surface area contributed by atoms with E-state index in [-0.39, 0.29) is 18.4 Å². The van der Waals surface area contributed by atoms with Gasteiger partial charge in [-0.2, -0.15) is 0 Å². The Morgan fingerprint density at radius 1 is 1.28 bits per heavy atom. The van der Waals surface area contributed by atoms with E-state index >= 15 is 0 Å². The molecule has 0 spiro atoms. The molecule has 0 heterocycles. The summed E-state index contributed by atoms with van der Waals surface area (Å²) in [6.45, 7) is 3.30. The predicted octanol–water partition coefficient (Wildman–Crippen LogP) is 2.49. The lowest BCUT2D eigenvalue weighted by Crippen LogP contribution is -2.32. The molecule has 0 unspecified atom stereocenters. The summed E-state index contributed by atoms with van der Waals surface area (Å²) in [5, 5.41) is 2.83. The Hall–Kier alpha value is -2.08. The van der Waals surface area contributed by atoms with Crippen molar-refractivity contribution in [2.45, 2.75) is 32.7 Å². The van der Waals surface area contributed by atoms with Gasteiger partial charge >= 0.3 is 0 Å². The van der Waals surface area contributed by atoms with Crippen LogP contribution in [0, 0.1) is 5.92 Å². The van der Waals surface area contributed by atoms with Crippen molar-refractivity contribution in [3.8, 4) is 0 Å². The van der Waals surface area contributed by atoms with Gasteiger partial charge in [0.25, 0.3) is 0 Å². The molecule has 0 radical (unpaired) electrons. The summed E-state index contributed by atoms with van der Waals surface area (Å²) < 4.78 is 4.86. The van der Waals surface area contributed by atoms with Gasteiger partial charge in [-0.1, -0.05) is 6.92 Å². The maximum absolute atomic E-state index is 12.3. The van der Waals surface area contributed by atoms with Crippen LogP contribution in [0.2, 0.25) is 0 Å². The van der Waals surface area contributed by atoms with Crippen LogP contribution in [0.5, 0.6) is 0 Å². The molecule has 0 saturated heterocycles. The number of rotatable bonds is 9. The number of anilines is 2. The topological polar surface area (TPSA) is 61.9 Å². The minimum absolute atomic E-state index is 0.0207. The van der Waals surface area contributed by atoms with Crippen LogP contribution < -0.4 is 10.2 Å². The van der Waals surface area contributed by atoms with Gasteiger partial charge in [0.1, 0.15) is 6.61 Å². The molecule has 0 aliphatic heterocycles. The third-order valence-corrected chi connectivity index (χ3v) is 4.31. The first kappa shape index (κ1) is 19.2. The number of ether oxygens (including phenoxy) is 1. The molecular weight excluding hydrogens is 318 g/mol. The SMILES string of the molecule is CCC(=O)N(Cc1cc(NC(=O)COC)ccc1N(C)C)CC1CC1. The van der Waals surface area contributed by atoms with Gasteiger partial charge in [0.15, 0.2) is 0 Å². The molecule has 0 bridgehead atoms. The normalized spacial score (nSPS) is 13.4. The van der Waals surface area contributed by atoms with Gasteiger partial charge in [0, 0.05) is 52.1 Å². The molecule has 1 saturated carbocycles. The van der Waals surface area contributed by atoms with Gasteiger partial charge in [-0.15, -0.1) is 0 Å². The molecule has 0 atom stereocenters. The van der Waals surface area contributed by atoms with Crippen LogP contribution in [0.1, 0.15) is 31.7 Å². The van der Waals surface area contributed by atoms with Gasteiger partial charge < -0.3 is 19.9 Å². The number of nitrogens with zero attached hydrogens (tertiary/aromatic N) is 2. The Morgan fingerprint density at radius 3 is 2.56 bits per heavy atom. The smallest absolute Gasteiger partial charge is 0.250 e. The summed E-state index contributed by atoms with van der Waals surface area (Å²) in [6, 6.07) is 5.80. The summed E-state index contributed by atoms with van der Waals surface area (Å²) in [5.74, 6) is 0.624. The highest BCUT2D eigenvalue weighted by Crippen LogP contribution is 2.31. The molecule has 1 N–H and O–H groups in total. The van der Waals surface area contributed by atoms with Gasteiger partial charge in [-0.3, -0.25) is 9.59 Å². The third-order valence-electron chi connectivity index (χ3n) is 4.31. The summed E-state index contributed by atoms with van der Waals surface area (Å²) in [6.07, 6.45) is 2.93. The highest BCUT2D eigenvalue weighted by Gasteiger charge is 2.26. The molecule has 2 rings (SSSR count). The van der Waals surface area contributed by atoms with Crippen LogP contribution in [0.3, 0.4) is 0 Å². The molecule has 138 valence electrons. The lowest BCUT2D eigenvalue weighted by Gasteiger charge is -2.26. The van der Waals surface area contributed by atoms with Crippen molar-refractivity contribution in [1.82, 2.24) is 4.90 Å². The Balaban J connectivity index is 2.21. The van der Waals surface area contributed by atoms with E-state index in [0.717, 1.165) is 23.5 Å². The second-order valence-corrected chi connectivity index (χ2v) is 6.79. The van der Waals surface area contributed by atoms with Crippen LogP contribution in [0.25, 0.3) is 0 Å². The zero-order valence-corrected chi connectivity index (χ0v) is 15.7. The van der Waals surface area contributed by atoms with Crippen LogP contribution in [-0.2, 0) is 20.9 Å². The Labute approximate surface area is 150 Å². The van der Waals surface area contributed by atoms with Crippen LogP contribution in [-0.4, -0.2) is 51.1 Å². The first-order chi connectivity index (χ1) is 11.9. The summed E-state index contributed by atoms with van der Waals surface area (Å²) in [4.78, 5) is 28.1. The Morgan fingerprint density at radius 2 is 2.00 bits per heavy atom. The number of carbonyl (C=O) groups excluding carboxylic acids is 2. The quantitative estimate of drug-likeness (QED) is 0.745. The fourth-order valence-electron chi connectivity index (χ4n) is 2.85. The van der Waals surface area contributed by atoms with Crippen molar-refractivity contribution in [2.24, 2.45) is 5.92 Å². The van der Waals surface area contributed by atoms with E-state index < -0.39 is 0 Å². The highest BCUT2D eigenvalue weighted by molar-refractivity contribution is 5.92. The predicted molar refractivity (Wildman–Crippen MR) is 99.7 cm³/mol. The Bertz CT molecular complexity index is 612. The van der Waals surface area contributed by atoms with Crippen molar-refractivity contribution in [3.63, 3.8) is 0 Å². The molecule has 6 nitrogen and oxygen atoms in total. The summed E-state index contributed by atoms with van der Waals surface area (Å²) in [5.41, 5.74) is 2.80. The first-order valence-electron chi connectivity index (χ1n) is 8.81. The average Bonchev–Trinajstić information content (AvgIpc) is 3.37. The standard InChI is InChI=1S/C19H29N3O3/c1-5-19(24)22(11-14-6-7-14)12-15-10-16(20-18(23)13-25-4)8-9-17(15)21(2)3/h8-10,14H,5-7,11-13H2,1-4H3,(H,20,23). The van der Waals surface area contributed by atoms with Crippen molar-refractivity contribution in [2.75, 3.05) is 44.6 Å². The minimum atomic E-state index is -0.189. The number of methoxy groups -OCH3 is 1. The highest BCUT2D eigenvalue weighted by atomic mass is 16.5. The molecule has 1 aliphatic carbocycles. The fourth-order valence-corrected chi connectivity index (χ4v) is 2.85. The number of amides is 2. The van der Waals surface area contributed by atoms with E-state index in [9.17, 15) is 9.59 Å². The molecule has 2 amide bonds. The zero-order chi connectivity index (χ0) is 18.4. The van der Waals surface area contributed by atoms with Crippen LogP contribution >= 0.6 is 0 Å². The van der Waals surface area contributed by atoms with Crippen molar-refractivity contribution in [1.29, 1.82) is 0 Å². The summed E-state index contributed by atoms with van der Waals surface area (Å²) >= 11 is 0. The van der Waals surface area contributed by atoms with E-state index in [2.05, 4.69) is 5.32 Å². The molecule has 6 heteroatoms. The molecule has 1 aromatic carbocycles. The molecule has 1 aliphatic rings.